The fraction of sp³-hybridized carbons (Fsp3) is 0.0476. The van der Waals surface area contributed by atoms with Crippen LogP contribution in [0.2, 0.25) is 0 Å². The number of amides is 1. The van der Waals surface area contributed by atoms with Crippen LogP contribution in [0, 0.1) is 0 Å². The molecule has 26 heavy (non-hydrogen) atoms. The molecule has 0 aliphatic rings. The Hall–Kier alpha value is -3.60. The average molecular weight is 343 g/mol. The molecule has 2 N–H and O–H groups in total. The van der Waals surface area contributed by atoms with E-state index in [1.165, 1.54) is 0 Å². The molecule has 0 fully saturated rings. The molecule has 4 rings (SSSR count). The second kappa shape index (κ2) is 6.72. The van der Waals surface area contributed by atoms with Gasteiger partial charge < -0.3 is 15.1 Å². The van der Waals surface area contributed by atoms with Crippen LogP contribution in [-0.2, 0) is 0 Å². The van der Waals surface area contributed by atoms with Crippen molar-refractivity contribution in [1.82, 2.24) is 10.3 Å². The summed E-state index contributed by atoms with van der Waals surface area (Å²) in [7, 11) is 1.61. The summed E-state index contributed by atoms with van der Waals surface area (Å²) in [6.07, 6.45) is 1.72. The van der Waals surface area contributed by atoms with E-state index in [-0.39, 0.29) is 5.91 Å². The molecule has 0 unspecified atom stereocenters. The van der Waals surface area contributed by atoms with Gasteiger partial charge in [-0.1, -0.05) is 42.5 Å². The van der Waals surface area contributed by atoms with Gasteiger partial charge in [0.05, 0.1) is 16.9 Å². The van der Waals surface area contributed by atoms with Crippen molar-refractivity contribution in [3.63, 3.8) is 0 Å². The summed E-state index contributed by atoms with van der Waals surface area (Å²) < 4.78 is 6.06. The largest absolute Gasteiger partial charge is 0.452 e. The highest BCUT2D eigenvalue weighted by molar-refractivity contribution is 6.01. The minimum Gasteiger partial charge on any atom is -0.452 e. The molecule has 2 heterocycles. The molecule has 128 valence electrons. The highest BCUT2D eigenvalue weighted by Crippen LogP contribution is 2.32. The highest BCUT2D eigenvalue weighted by Gasteiger charge is 2.14. The maximum Gasteiger partial charge on any atom is 0.253 e. The van der Waals surface area contributed by atoms with Crippen molar-refractivity contribution >= 4 is 28.4 Å². The Morgan fingerprint density at radius 3 is 2.54 bits per heavy atom. The van der Waals surface area contributed by atoms with Crippen molar-refractivity contribution < 1.29 is 9.21 Å². The van der Waals surface area contributed by atoms with Crippen LogP contribution in [0.5, 0.6) is 0 Å². The summed E-state index contributed by atoms with van der Waals surface area (Å²) in [4.78, 5) is 16.5. The van der Waals surface area contributed by atoms with E-state index >= 15 is 0 Å². The van der Waals surface area contributed by atoms with Gasteiger partial charge in [0.2, 0.25) is 0 Å². The molecule has 0 saturated carbocycles. The number of carbonyl (C=O) groups excluding carboxylic acids is 1. The minimum atomic E-state index is -0.150. The van der Waals surface area contributed by atoms with Crippen LogP contribution in [0.3, 0.4) is 0 Å². The molecule has 5 nitrogen and oxygen atoms in total. The van der Waals surface area contributed by atoms with Crippen molar-refractivity contribution in [3.05, 3.63) is 78.5 Å². The maximum absolute atomic E-state index is 12.1. The van der Waals surface area contributed by atoms with Crippen LogP contribution < -0.4 is 10.6 Å². The van der Waals surface area contributed by atoms with E-state index < -0.39 is 0 Å². The predicted molar refractivity (Wildman–Crippen MR) is 103 cm³/mol. The van der Waals surface area contributed by atoms with E-state index in [0.29, 0.717) is 16.8 Å². The van der Waals surface area contributed by atoms with Crippen molar-refractivity contribution in [2.24, 2.45) is 0 Å². The molecule has 0 radical (unpaired) electrons. The number of aromatic nitrogens is 1. The number of hydrogen-bond donors (Lipinski definition) is 2. The first-order chi connectivity index (χ1) is 12.8. The Kier molecular flexibility index (Phi) is 4.11. The molecule has 0 atom stereocenters. The fourth-order valence-corrected chi connectivity index (χ4v) is 2.85. The number of fused-ring (bicyclic) bond motifs is 1. The van der Waals surface area contributed by atoms with Gasteiger partial charge in [0.25, 0.3) is 5.91 Å². The summed E-state index contributed by atoms with van der Waals surface area (Å²) in [5.41, 5.74) is 4.42. The third-order valence-corrected chi connectivity index (χ3v) is 4.14. The first kappa shape index (κ1) is 15.9. The van der Waals surface area contributed by atoms with Crippen LogP contribution in [0.1, 0.15) is 10.4 Å². The second-order valence-corrected chi connectivity index (χ2v) is 5.80. The smallest absolute Gasteiger partial charge is 0.253 e. The lowest BCUT2D eigenvalue weighted by molar-refractivity contribution is 0.0964. The van der Waals surface area contributed by atoms with Crippen LogP contribution in [0.15, 0.2) is 77.3 Å². The molecule has 1 amide bonds. The molecule has 2 aromatic heterocycles. The first-order valence-corrected chi connectivity index (χ1v) is 8.28. The zero-order chi connectivity index (χ0) is 17.9. The molecule has 5 heteroatoms. The topological polar surface area (TPSA) is 67.2 Å². The Balaban J connectivity index is 1.77. The van der Waals surface area contributed by atoms with E-state index in [9.17, 15) is 4.79 Å². The number of anilines is 2. The number of hydrogen-bond acceptors (Lipinski definition) is 4. The Morgan fingerprint density at radius 2 is 1.73 bits per heavy atom. The number of benzene rings is 2. The Bertz CT molecular complexity index is 1070. The lowest BCUT2D eigenvalue weighted by Gasteiger charge is -2.11. The molecule has 0 aliphatic heterocycles. The molecular weight excluding hydrogens is 326 g/mol. The summed E-state index contributed by atoms with van der Waals surface area (Å²) in [5.74, 6) is 0.602. The molecule has 0 aliphatic carbocycles. The van der Waals surface area contributed by atoms with Gasteiger partial charge in [0, 0.05) is 24.9 Å². The monoisotopic (exact) mass is 343 g/mol. The molecule has 0 bridgehead atoms. The third-order valence-electron chi connectivity index (χ3n) is 4.14. The van der Waals surface area contributed by atoms with Crippen LogP contribution in [0.25, 0.3) is 22.4 Å². The van der Waals surface area contributed by atoms with E-state index in [1.54, 1.807) is 19.3 Å². The minimum absolute atomic E-state index is 0.150. The number of nitrogens with one attached hydrogen (secondary N) is 2. The van der Waals surface area contributed by atoms with Gasteiger partial charge in [-0.3, -0.25) is 9.78 Å². The van der Waals surface area contributed by atoms with Gasteiger partial charge in [-0.2, -0.15) is 0 Å². The van der Waals surface area contributed by atoms with Gasteiger partial charge in [0.1, 0.15) is 11.3 Å². The van der Waals surface area contributed by atoms with Gasteiger partial charge in [-0.05, 0) is 18.2 Å². The van der Waals surface area contributed by atoms with Crippen molar-refractivity contribution in [3.8, 4) is 11.3 Å². The van der Waals surface area contributed by atoms with Crippen molar-refractivity contribution in [1.29, 1.82) is 0 Å². The summed E-state index contributed by atoms with van der Waals surface area (Å²) in [6.45, 7) is 0. The number of furan rings is 1. The Morgan fingerprint density at radius 1 is 0.962 bits per heavy atom. The van der Waals surface area contributed by atoms with Crippen LogP contribution in [0.4, 0.5) is 11.4 Å². The first-order valence-electron chi connectivity index (χ1n) is 8.28. The van der Waals surface area contributed by atoms with E-state index in [0.717, 1.165) is 22.5 Å². The lowest BCUT2D eigenvalue weighted by atomic mass is 10.1. The standard InChI is InChI=1S/C21H17N3O2/c1-22-21(25)15-9-5-6-10-16(15)24-17-11-12-23-18-13-19(26-20(17)18)14-7-3-2-4-8-14/h2-13H,1H3,(H,22,25)(H,23,24). The molecule has 2 aromatic carbocycles. The maximum atomic E-state index is 12.1. The zero-order valence-electron chi connectivity index (χ0n) is 14.2. The lowest BCUT2D eigenvalue weighted by Crippen LogP contribution is -2.19. The SMILES string of the molecule is CNC(=O)c1ccccc1Nc1ccnc2cc(-c3ccccc3)oc12. The highest BCUT2D eigenvalue weighted by atomic mass is 16.3. The summed E-state index contributed by atoms with van der Waals surface area (Å²) in [5, 5.41) is 5.96. The number of carbonyl (C=O) groups is 1. The van der Waals surface area contributed by atoms with Crippen molar-refractivity contribution in [2.75, 3.05) is 12.4 Å². The quantitative estimate of drug-likeness (QED) is 0.568. The van der Waals surface area contributed by atoms with Crippen molar-refractivity contribution in [2.45, 2.75) is 0 Å². The molecule has 0 saturated heterocycles. The number of para-hydroxylation sites is 1. The fourth-order valence-electron chi connectivity index (χ4n) is 2.85. The number of rotatable bonds is 4. The third kappa shape index (κ3) is 2.91. The van der Waals surface area contributed by atoms with Gasteiger partial charge >= 0.3 is 0 Å². The number of pyridine rings is 1. The number of nitrogens with zero attached hydrogens (tertiary/aromatic N) is 1. The van der Waals surface area contributed by atoms with Gasteiger partial charge in [0.15, 0.2) is 5.58 Å². The van der Waals surface area contributed by atoms with E-state index in [4.69, 9.17) is 4.42 Å². The summed E-state index contributed by atoms with van der Waals surface area (Å²) >= 11 is 0. The van der Waals surface area contributed by atoms with E-state index in [1.807, 2.05) is 60.7 Å². The zero-order valence-corrected chi connectivity index (χ0v) is 14.2. The second-order valence-electron chi connectivity index (χ2n) is 5.80. The van der Waals surface area contributed by atoms with Gasteiger partial charge in [-0.25, -0.2) is 0 Å². The Labute approximate surface area is 150 Å². The average Bonchev–Trinajstić information content (AvgIpc) is 3.14. The predicted octanol–water partition coefficient (Wildman–Crippen LogP) is 4.60. The molecule has 4 aromatic rings. The van der Waals surface area contributed by atoms with Gasteiger partial charge in [-0.15, -0.1) is 0 Å². The van der Waals surface area contributed by atoms with Crippen LogP contribution in [-0.4, -0.2) is 17.9 Å². The normalized spacial score (nSPS) is 10.7. The molecular formula is C21H17N3O2. The molecule has 0 spiro atoms. The van der Waals surface area contributed by atoms with E-state index in [2.05, 4.69) is 15.6 Å². The summed E-state index contributed by atoms with van der Waals surface area (Å²) in [6, 6.07) is 21.0. The van der Waals surface area contributed by atoms with Crippen LogP contribution >= 0.6 is 0 Å².